The first-order valence-corrected chi connectivity index (χ1v) is 6.16. The fourth-order valence-corrected chi connectivity index (χ4v) is 1.87. The highest BCUT2D eigenvalue weighted by molar-refractivity contribution is 9.10. The number of hydrogen-bond acceptors (Lipinski definition) is 2. The molecule has 0 heterocycles. The molecule has 2 N–H and O–H groups in total. The summed E-state index contributed by atoms with van der Waals surface area (Å²) in [6.45, 7) is 0. The SMILES string of the molecule is Nc1ccc(Oc2cc(Br)ccc2F)cc1C(F)(F)F. The van der Waals surface area contributed by atoms with E-state index in [0.717, 1.165) is 18.2 Å². The van der Waals surface area contributed by atoms with Gasteiger partial charge >= 0.3 is 6.18 Å². The molecular weight excluding hydrogens is 342 g/mol. The number of alkyl halides is 3. The summed E-state index contributed by atoms with van der Waals surface area (Å²) < 4.78 is 57.2. The quantitative estimate of drug-likeness (QED) is 0.612. The van der Waals surface area contributed by atoms with Gasteiger partial charge in [-0.1, -0.05) is 15.9 Å². The normalized spacial score (nSPS) is 11.4. The van der Waals surface area contributed by atoms with Crippen molar-refractivity contribution in [1.82, 2.24) is 0 Å². The number of hydrogen-bond donors (Lipinski definition) is 1. The molecule has 0 fully saturated rings. The molecule has 0 amide bonds. The highest BCUT2D eigenvalue weighted by atomic mass is 79.9. The molecule has 7 heteroatoms. The van der Waals surface area contributed by atoms with Crippen molar-refractivity contribution in [3.63, 3.8) is 0 Å². The van der Waals surface area contributed by atoms with Crippen LogP contribution in [0.2, 0.25) is 0 Å². The van der Waals surface area contributed by atoms with Crippen molar-refractivity contribution in [2.75, 3.05) is 5.73 Å². The molecule has 0 aliphatic carbocycles. The number of halogens is 5. The van der Waals surface area contributed by atoms with Crippen LogP contribution in [-0.4, -0.2) is 0 Å². The smallest absolute Gasteiger partial charge is 0.418 e. The second-order valence-electron chi connectivity index (χ2n) is 3.92. The first-order valence-electron chi connectivity index (χ1n) is 5.37. The topological polar surface area (TPSA) is 35.2 Å². The summed E-state index contributed by atoms with van der Waals surface area (Å²) >= 11 is 3.12. The summed E-state index contributed by atoms with van der Waals surface area (Å²) in [5.74, 6) is -1.01. The van der Waals surface area contributed by atoms with Gasteiger partial charge in [0, 0.05) is 10.2 Å². The molecule has 2 rings (SSSR count). The van der Waals surface area contributed by atoms with Crippen molar-refractivity contribution in [3.05, 3.63) is 52.3 Å². The number of anilines is 1. The second-order valence-corrected chi connectivity index (χ2v) is 4.84. The van der Waals surface area contributed by atoms with Gasteiger partial charge in [-0.2, -0.15) is 13.2 Å². The molecule has 0 aliphatic rings. The molecule has 2 aromatic carbocycles. The average Bonchev–Trinajstić information content (AvgIpc) is 2.35. The van der Waals surface area contributed by atoms with Gasteiger partial charge in [0.2, 0.25) is 0 Å². The lowest BCUT2D eigenvalue weighted by Gasteiger charge is -2.13. The average molecular weight is 350 g/mol. The van der Waals surface area contributed by atoms with Crippen LogP contribution in [0.15, 0.2) is 40.9 Å². The third kappa shape index (κ3) is 3.22. The third-order valence-corrected chi connectivity index (χ3v) is 2.94. The zero-order chi connectivity index (χ0) is 14.9. The van der Waals surface area contributed by atoms with Gasteiger partial charge in [0.25, 0.3) is 0 Å². The minimum atomic E-state index is -4.60. The molecule has 0 atom stereocenters. The molecule has 0 aromatic heterocycles. The van der Waals surface area contributed by atoms with Crippen molar-refractivity contribution in [3.8, 4) is 11.5 Å². The molecule has 0 bridgehead atoms. The predicted octanol–water partition coefficient (Wildman–Crippen LogP) is 4.98. The van der Waals surface area contributed by atoms with E-state index in [1.165, 1.54) is 18.2 Å². The summed E-state index contributed by atoms with van der Waals surface area (Å²) in [4.78, 5) is 0. The van der Waals surface area contributed by atoms with Gasteiger partial charge in [-0.15, -0.1) is 0 Å². The number of rotatable bonds is 2. The van der Waals surface area contributed by atoms with E-state index in [1.54, 1.807) is 0 Å². The van der Waals surface area contributed by atoms with Crippen molar-refractivity contribution in [2.45, 2.75) is 6.18 Å². The Morgan fingerprint density at radius 1 is 1.05 bits per heavy atom. The van der Waals surface area contributed by atoms with Gasteiger partial charge in [0.1, 0.15) is 5.75 Å². The van der Waals surface area contributed by atoms with Gasteiger partial charge < -0.3 is 10.5 Å². The zero-order valence-corrected chi connectivity index (χ0v) is 11.4. The minimum absolute atomic E-state index is 0.150. The van der Waals surface area contributed by atoms with E-state index in [-0.39, 0.29) is 11.5 Å². The van der Waals surface area contributed by atoms with Crippen LogP contribution < -0.4 is 10.5 Å². The van der Waals surface area contributed by atoms with Crippen molar-refractivity contribution in [1.29, 1.82) is 0 Å². The van der Waals surface area contributed by atoms with E-state index >= 15 is 0 Å². The Balaban J connectivity index is 2.37. The Labute approximate surface area is 120 Å². The molecule has 0 saturated carbocycles. The fourth-order valence-electron chi connectivity index (χ4n) is 1.53. The minimum Gasteiger partial charge on any atom is -0.454 e. The number of nitrogens with two attached hydrogens (primary N) is 1. The lowest BCUT2D eigenvalue weighted by atomic mass is 10.1. The van der Waals surface area contributed by atoms with Crippen LogP contribution in [0.5, 0.6) is 11.5 Å². The number of benzene rings is 2. The maximum Gasteiger partial charge on any atom is 0.418 e. The molecule has 0 radical (unpaired) electrons. The molecule has 0 unspecified atom stereocenters. The highest BCUT2D eigenvalue weighted by Crippen LogP contribution is 2.37. The van der Waals surface area contributed by atoms with Crippen molar-refractivity contribution in [2.24, 2.45) is 0 Å². The largest absolute Gasteiger partial charge is 0.454 e. The van der Waals surface area contributed by atoms with E-state index in [2.05, 4.69) is 15.9 Å². The van der Waals surface area contributed by atoms with Gasteiger partial charge in [-0.05, 0) is 36.4 Å². The van der Waals surface area contributed by atoms with Crippen molar-refractivity contribution >= 4 is 21.6 Å². The molecule has 2 nitrogen and oxygen atoms in total. The fraction of sp³-hybridized carbons (Fsp3) is 0.0769. The summed E-state index contributed by atoms with van der Waals surface area (Å²) in [5.41, 5.74) is 3.83. The maximum atomic E-state index is 13.5. The number of ether oxygens (including phenoxy) is 1. The van der Waals surface area contributed by atoms with E-state index in [1.807, 2.05) is 0 Å². The summed E-state index contributed by atoms with van der Waals surface area (Å²) in [6.07, 6.45) is -4.60. The van der Waals surface area contributed by atoms with Crippen LogP contribution in [-0.2, 0) is 6.18 Å². The van der Waals surface area contributed by atoms with Crippen LogP contribution in [0.3, 0.4) is 0 Å². The third-order valence-electron chi connectivity index (χ3n) is 2.45. The Kier molecular flexibility index (Phi) is 3.89. The molecule has 106 valence electrons. The van der Waals surface area contributed by atoms with E-state index < -0.39 is 23.2 Å². The van der Waals surface area contributed by atoms with Gasteiger partial charge in [-0.3, -0.25) is 0 Å². The number of nitrogen functional groups attached to an aromatic ring is 1. The van der Waals surface area contributed by atoms with E-state index in [0.29, 0.717) is 4.47 Å². The first-order chi connectivity index (χ1) is 9.27. The van der Waals surface area contributed by atoms with E-state index in [4.69, 9.17) is 10.5 Å². The molecule has 0 spiro atoms. The second kappa shape index (κ2) is 5.32. The lowest BCUT2D eigenvalue weighted by molar-refractivity contribution is -0.137. The maximum absolute atomic E-state index is 13.5. The molecule has 2 aromatic rings. The highest BCUT2D eigenvalue weighted by Gasteiger charge is 2.33. The van der Waals surface area contributed by atoms with Crippen molar-refractivity contribution < 1.29 is 22.3 Å². The lowest BCUT2D eigenvalue weighted by Crippen LogP contribution is -2.08. The van der Waals surface area contributed by atoms with Crippen LogP contribution in [0.25, 0.3) is 0 Å². The first kappa shape index (κ1) is 14.6. The Hall–Kier alpha value is -1.76. The zero-order valence-electron chi connectivity index (χ0n) is 9.84. The molecule has 0 aliphatic heterocycles. The Morgan fingerprint density at radius 3 is 2.40 bits per heavy atom. The van der Waals surface area contributed by atoms with Gasteiger partial charge in [0.05, 0.1) is 5.56 Å². The Bertz CT molecular complexity index is 643. The van der Waals surface area contributed by atoms with E-state index in [9.17, 15) is 17.6 Å². The Morgan fingerprint density at radius 2 is 1.75 bits per heavy atom. The standard InChI is InChI=1S/C13H8BrF4NO/c14-7-1-3-10(15)12(5-7)20-8-2-4-11(19)9(6-8)13(16,17)18/h1-6H,19H2. The summed E-state index contributed by atoms with van der Waals surface area (Å²) in [6, 6.07) is 6.95. The summed E-state index contributed by atoms with van der Waals surface area (Å²) in [5, 5.41) is 0. The molecular formula is C13H8BrF4NO. The predicted molar refractivity (Wildman–Crippen MR) is 70.0 cm³/mol. The molecule has 20 heavy (non-hydrogen) atoms. The van der Waals surface area contributed by atoms with Crippen LogP contribution in [0, 0.1) is 5.82 Å². The van der Waals surface area contributed by atoms with Gasteiger partial charge in [-0.25, -0.2) is 4.39 Å². The van der Waals surface area contributed by atoms with Crippen LogP contribution in [0.4, 0.5) is 23.2 Å². The summed E-state index contributed by atoms with van der Waals surface area (Å²) in [7, 11) is 0. The van der Waals surface area contributed by atoms with Crippen LogP contribution >= 0.6 is 15.9 Å². The van der Waals surface area contributed by atoms with Gasteiger partial charge in [0.15, 0.2) is 11.6 Å². The monoisotopic (exact) mass is 349 g/mol. The van der Waals surface area contributed by atoms with Crippen LogP contribution in [0.1, 0.15) is 5.56 Å². The molecule has 0 saturated heterocycles.